The molecular weight excluding hydrogens is 357 g/mol. The molecule has 0 aliphatic rings. The summed E-state index contributed by atoms with van der Waals surface area (Å²) >= 11 is 10.9. The van der Waals surface area contributed by atoms with E-state index in [4.69, 9.17) is 32.5 Å². The molecule has 1 amide bonds. The Labute approximate surface area is 137 Å². The van der Waals surface area contributed by atoms with E-state index in [1.54, 1.807) is 0 Å². The first-order valence-corrected chi connectivity index (χ1v) is 8.53. The van der Waals surface area contributed by atoms with Gasteiger partial charge in [-0.3, -0.25) is 14.1 Å². The summed E-state index contributed by atoms with van der Waals surface area (Å²) in [4.78, 5) is 22.5. The van der Waals surface area contributed by atoms with E-state index in [0.717, 1.165) is 12.1 Å². The summed E-state index contributed by atoms with van der Waals surface area (Å²) in [6.45, 7) is 0. The number of carbonyl (C=O) groups excluding carboxylic acids is 2. The smallest absolute Gasteiger partial charge is 0.312 e. The van der Waals surface area contributed by atoms with Crippen LogP contribution in [0.3, 0.4) is 0 Å². The largest absolute Gasteiger partial charge is 0.424 e. The second-order valence-corrected chi connectivity index (χ2v) is 6.21. The number of carbonyl (C=O) groups is 2. The third-order valence-corrected chi connectivity index (χ3v) is 3.60. The van der Waals surface area contributed by atoms with E-state index in [1.807, 2.05) is 0 Å². The second kappa shape index (κ2) is 8.33. The van der Waals surface area contributed by atoms with Crippen LogP contribution in [0.2, 0.25) is 0 Å². The van der Waals surface area contributed by atoms with Crippen LogP contribution in [0.15, 0.2) is 23.1 Å². The van der Waals surface area contributed by atoms with Crippen molar-refractivity contribution < 1.29 is 27.3 Å². The van der Waals surface area contributed by atoms with Gasteiger partial charge in [-0.2, -0.15) is 8.42 Å². The van der Waals surface area contributed by atoms with Crippen molar-refractivity contribution in [2.24, 2.45) is 0 Å². The zero-order chi connectivity index (χ0) is 16.8. The van der Waals surface area contributed by atoms with Gasteiger partial charge in [0, 0.05) is 24.2 Å². The molecule has 1 rings (SSSR count). The molecule has 0 unspecified atom stereocenters. The molecule has 0 aliphatic carbocycles. The van der Waals surface area contributed by atoms with E-state index < -0.39 is 26.9 Å². The highest BCUT2D eigenvalue weighted by Gasteiger charge is 2.17. The number of hydrogen-bond donors (Lipinski definition) is 2. The minimum Gasteiger partial charge on any atom is -0.424 e. The first kappa shape index (κ1) is 18.7. The van der Waals surface area contributed by atoms with Gasteiger partial charge in [-0.15, -0.1) is 23.2 Å². The number of esters is 1. The predicted octanol–water partition coefficient (Wildman–Crippen LogP) is 2.04. The fraction of sp³-hybridized carbons (Fsp3) is 0.333. The number of benzene rings is 1. The Morgan fingerprint density at radius 2 is 1.82 bits per heavy atom. The third-order valence-electron chi connectivity index (χ3n) is 2.37. The van der Waals surface area contributed by atoms with Crippen molar-refractivity contribution in [1.82, 2.24) is 0 Å². The average molecular weight is 370 g/mol. The number of alkyl halides is 2. The predicted molar refractivity (Wildman–Crippen MR) is 81.2 cm³/mol. The normalized spacial score (nSPS) is 11.0. The fourth-order valence-corrected chi connectivity index (χ4v) is 2.22. The van der Waals surface area contributed by atoms with Crippen LogP contribution < -0.4 is 10.1 Å². The van der Waals surface area contributed by atoms with Gasteiger partial charge in [-0.05, 0) is 12.1 Å². The van der Waals surface area contributed by atoms with Gasteiger partial charge in [0.05, 0.1) is 17.0 Å². The average Bonchev–Trinajstić information content (AvgIpc) is 2.40. The van der Waals surface area contributed by atoms with Crippen molar-refractivity contribution in [3.8, 4) is 5.75 Å². The van der Waals surface area contributed by atoms with Crippen molar-refractivity contribution in [3.63, 3.8) is 0 Å². The molecule has 0 saturated carbocycles. The van der Waals surface area contributed by atoms with Crippen LogP contribution in [0.5, 0.6) is 5.75 Å². The minimum absolute atomic E-state index is 0.0186. The molecule has 0 spiro atoms. The monoisotopic (exact) mass is 369 g/mol. The summed E-state index contributed by atoms with van der Waals surface area (Å²) in [5, 5.41) is 2.43. The second-order valence-electron chi connectivity index (χ2n) is 4.03. The molecule has 7 nitrogen and oxygen atoms in total. The molecule has 0 fully saturated rings. The van der Waals surface area contributed by atoms with Gasteiger partial charge in [0.15, 0.2) is 5.75 Å². The number of amides is 1. The summed E-state index contributed by atoms with van der Waals surface area (Å²) in [6.07, 6.45) is -0.0800. The standard InChI is InChI=1S/C12H13Cl2NO6S/c13-5-3-11(16)15-9-2-1-8(22(18,19)20)7-10(9)21-12(17)4-6-14/h1-2,7H,3-6H2,(H,15,16)(H,18,19,20). The van der Waals surface area contributed by atoms with Gasteiger partial charge in [0.1, 0.15) is 0 Å². The Morgan fingerprint density at radius 3 is 2.36 bits per heavy atom. The van der Waals surface area contributed by atoms with E-state index in [2.05, 4.69) is 5.32 Å². The van der Waals surface area contributed by atoms with Gasteiger partial charge >= 0.3 is 5.97 Å². The van der Waals surface area contributed by atoms with Crippen molar-refractivity contribution >= 4 is 50.9 Å². The first-order valence-electron chi connectivity index (χ1n) is 6.02. The highest BCUT2D eigenvalue weighted by Crippen LogP contribution is 2.28. The molecule has 10 heteroatoms. The molecule has 0 saturated heterocycles. The molecule has 2 N–H and O–H groups in total. The van der Waals surface area contributed by atoms with Crippen LogP contribution in [-0.2, 0) is 19.7 Å². The maximum absolute atomic E-state index is 11.5. The number of anilines is 1. The quantitative estimate of drug-likeness (QED) is 0.329. The molecular formula is C12H13Cl2NO6S. The fourth-order valence-electron chi connectivity index (χ4n) is 1.40. The van der Waals surface area contributed by atoms with Crippen LogP contribution in [-0.4, -0.2) is 36.6 Å². The molecule has 0 atom stereocenters. The highest BCUT2D eigenvalue weighted by atomic mass is 35.5. The van der Waals surface area contributed by atoms with E-state index >= 15 is 0 Å². The van der Waals surface area contributed by atoms with Crippen LogP contribution in [0, 0.1) is 0 Å². The lowest BCUT2D eigenvalue weighted by molar-refractivity contribution is -0.134. The number of halogens is 2. The maximum atomic E-state index is 11.5. The Bertz CT molecular complexity index is 662. The minimum atomic E-state index is -4.48. The summed E-state index contributed by atoms with van der Waals surface area (Å²) in [5.74, 6) is -1.26. The Kier molecular flexibility index (Phi) is 7.08. The highest BCUT2D eigenvalue weighted by molar-refractivity contribution is 7.85. The molecule has 0 radical (unpaired) electrons. The number of ether oxygens (including phenoxy) is 1. The van der Waals surface area contributed by atoms with E-state index in [-0.39, 0.29) is 36.0 Å². The van der Waals surface area contributed by atoms with Gasteiger partial charge in [0.2, 0.25) is 5.91 Å². The lowest BCUT2D eigenvalue weighted by Gasteiger charge is -2.12. The summed E-state index contributed by atoms with van der Waals surface area (Å²) in [6, 6.07) is 3.18. The van der Waals surface area contributed by atoms with Crippen molar-refractivity contribution in [2.45, 2.75) is 17.7 Å². The summed E-state index contributed by atoms with van der Waals surface area (Å²) < 4.78 is 36.2. The molecule has 0 aliphatic heterocycles. The molecule has 1 aromatic carbocycles. The number of nitrogens with one attached hydrogen (secondary N) is 1. The number of hydrogen-bond acceptors (Lipinski definition) is 5. The Balaban J connectivity index is 3.13. The van der Waals surface area contributed by atoms with E-state index in [9.17, 15) is 18.0 Å². The van der Waals surface area contributed by atoms with Gasteiger partial charge in [-0.1, -0.05) is 0 Å². The molecule has 22 heavy (non-hydrogen) atoms. The maximum Gasteiger partial charge on any atom is 0.312 e. The molecule has 122 valence electrons. The van der Waals surface area contributed by atoms with Gasteiger partial charge in [-0.25, -0.2) is 0 Å². The van der Waals surface area contributed by atoms with Crippen LogP contribution in [0.25, 0.3) is 0 Å². The molecule has 1 aromatic rings. The van der Waals surface area contributed by atoms with Crippen molar-refractivity contribution in [3.05, 3.63) is 18.2 Å². The Hall–Kier alpha value is -1.35. The van der Waals surface area contributed by atoms with Crippen LogP contribution in [0.1, 0.15) is 12.8 Å². The molecule has 0 heterocycles. The summed E-state index contributed by atoms with van der Waals surface area (Å²) in [7, 11) is -4.48. The van der Waals surface area contributed by atoms with Gasteiger partial charge < -0.3 is 10.1 Å². The first-order chi connectivity index (χ1) is 10.3. The third kappa shape index (κ3) is 5.80. The lowest BCUT2D eigenvalue weighted by atomic mass is 10.2. The topological polar surface area (TPSA) is 110 Å². The zero-order valence-electron chi connectivity index (χ0n) is 11.2. The molecule has 0 bridgehead atoms. The zero-order valence-corrected chi connectivity index (χ0v) is 13.5. The lowest BCUT2D eigenvalue weighted by Crippen LogP contribution is -2.15. The van der Waals surface area contributed by atoms with Crippen LogP contribution in [0.4, 0.5) is 5.69 Å². The SMILES string of the molecule is O=C(CCCl)Nc1ccc(S(=O)(=O)O)cc1OC(=O)CCCl. The van der Waals surface area contributed by atoms with Crippen molar-refractivity contribution in [2.75, 3.05) is 17.1 Å². The van der Waals surface area contributed by atoms with E-state index in [1.165, 1.54) is 6.07 Å². The van der Waals surface area contributed by atoms with Crippen LogP contribution >= 0.6 is 23.2 Å². The van der Waals surface area contributed by atoms with Gasteiger partial charge in [0.25, 0.3) is 10.1 Å². The Morgan fingerprint density at radius 1 is 1.18 bits per heavy atom. The molecule has 0 aromatic heterocycles. The summed E-state index contributed by atoms with van der Waals surface area (Å²) in [5.41, 5.74) is 0.0745. The number of rotatable bonds is 7. The van der Waals surface area contributed by atoms with Crippen molar-refractivity contribution in [1.29, 1.82) is 0 Å². The van der Waals surface area contributed by atoms with E-state index in [0.29, 0.717) is 0 Å².